The molecule has 0 saturated heterocycles. The number of aryl methyl sites for hydroxylation is 1. The van der Waals surface area contributed by atoms with Crippen LogP contribution in [0.25, 0.3) is 0 Å². The summed E-state index contributed by atoms with van der Waals surface area (Å²) in [6.45, 7) is 4.70. The molecule has 1 N–H and O–H groups in total. The summed E-state index contributed by atoms with van der Waals surface area (Å²) < 4.78 is 0. The van der Waals surface area contributed by atoms with Gasteiger partial charge in [-0.2, -0.15) is 0 Å². The Morgan fingerprint density at radius 2 is 2.12 bits per heavy atom. The molecule has 90 valence electrons. The van der Waals surface area contributed by atoms with Crippen LogP contribution in [0.5, 0.6) is 0 Å². The van der Waals surface area contributed by atoms with Crippen LogP contribution < -0.4 is 5.32 Å². The fourth-order valence-corrected chi connectivity index (χ4v) is 2.10. The third-order valence-electron chi connectivity index (χ3n) is 2.27. The molecule has 16 heavy (non-hydrogen) atoms. The van der Waals surface area contributed by atoms with E-state index in [9.17, 15) is 0 Å². The summed E-state index contributed by atoms with van der Waals surface area (Å²) >= 11 is 1.66. The summed E-state index contributed by atoms with van der Waals surface area (Å²) in [5, 5.41) is 13.6. The van der Waals surface area contributed by atoms with Crippen LogP contribution in [-0.4, -0.2) is 41.2 Å². The second kappa shape index (κ2) is 6.33. The SMILES string of the molecule is CCc1nnc(CNC2=NCCN2C)s1.I. The molecule has 0 unspecified atom stereocenters. The molecule has 2 heterocycles. The number of aromatic nitrogens is 2. The molecule has 1 aromatic rings. The fraction of sp³-hybridized carbons (Fsp3) is 0.667. The van der Waals surface area contributed by atoms with Crippen molar-refractivity contribution in [1.82, 2.24) is 20.4 Å². The zero-order chi connectivity index (χ0) is 10.7. The summed E-state index contributed by atoms with van der Waals surface area (Å²) in [6, 6.07) is 0. The Bertz CT molecular complexity index is 365. The van der Waals surface area contributed by atoms with Gasteiger partial charge in [0.05, 0.1) is 13.1 Å². The van der Waals surface area contributed by atoms with Crippen LogP contribution >= 0.6 is 35.3 Å². The number of rotatable bonds is 3. The van der Waals surface area contributed by atoms with Gasteiger partial charge in [0.15, 0.2) is 5.96 Å². The van der Waals surface area contributed by atoms with E-state index in [0.29, 0.717) is 0 Å². The normalized spacial score (nSPS) is 14.6. The van der Waals surface area contributed by atoms with E-state index in [4.69, 9.17) is 0 Å². The predicted octanol–water partition coefficient (Wildman–Crippen LogP) is 1.11. The molecular weight excluding hydrogens is 337 g/mol. The third-order valence-corrected chi connectivity index (χ3v) is 3.33. The van der Waals surface area contributed by atoms with Crippen LogP contribution in [0.2, 0.25) is 0 Å². The molecule has 7 heteroatoms. The first-order chi connectivity index (χ1) is 7.29. The van der Waals surface area contributed by atoms with Crippen molar-refractivity contribution in [1.29, 1.82) is 0 Å². The van der Waals surface area contributed by atoms with Gasteiger partial charge in [-0.1, -0.05) is 18.3 Å². The Hall–Kier alpha value is -0.440. The molecule has 0 atom stereocenters. The van der Waals surface area contributed by atoms with Gasteiger partial charge in [0.1, 0.15) is 10.0 Å². The molecule has 0 amide bonds. The zero-order valence-electron chi connectivity index (χ0n) is 9.43. The molecule has 1 aromatic heterocycles. The van der Waals surface area contributed by atoms with Crippen molar-refractivity contribution in [2.75, 3.05) is 20.1 Å². The van der Waals surface area contributed by atoms with E-state index in [1.807, 2.05) is 7.05 Å². The van der Waals surface area contributed by atoms with E-state index in [2.05, 4.69) is 32.3 Å². The first kappa shape index (κ1) is 13.6. The number of likely N-dealkylation sites (N-methyl/N-ethyl adjacent to an activating group) is 1. The zero-order valence-corrected chi connectivity index (χ0v) is 12.6. The molecule has 0 fully saturated rings. The number of guanidine groups is 1. The topological polar surface area (TPSA) is 53.4 Å². The molecule has 0 bridgehead atoms. The molecule has 5 nitrogen and oxygen atoms in total. The average molecular weight is 353 g/mol. The molecule has 0 aliphatic carbocycles. The minimum absolute atomic E-state index is 0. The number of aliphatic imine (C=N–C) groups is 1. The Morgan fingerprint density at radius 1 is 1.38 bits per heavy atom. The summed E-state index contributed by atoms with van der Waals surface area (Å²) in [7, 11) is 2.04. The maximum atomic E-state index is 4.35. The van der Waals surface area contributed by atoms with Gasteiger partial charge in [0.25, 0.3) is 0 Å². The second-order valence-electron chi connectivity index (χ2n) is 3.42. The van der Waals surface area contributed by atoms with E-state index >= 15 is 0 Å². The maximum Gasteiger partial charge on any atom is 0.194 e. The van der Waals surface area contributed by atoms with Crippen molar-refractivity contribution >= 4 is 41.3 Å². The minimum Gasteiger partial charge on any atom is -0.350 e. The summed E-state index contributed by atoms with van der Waals surface area (Å²) in [4.78, 5) is 6.46. The summed E-state index contributed by atoms with van der Waals surface area (Å²) in [5.74, 6) is 0.961. The second-order valence-corrected chi connectivity index (χ2v) is 4.57. The van der Waals surface area contributed by atoms with Gasteiger partial charge >= 0.3 is 0 Å². The predicted molar refractivity (Wildman–Crippen MR) is 76.5 cm³/mol. The lowest BCUT2D eigenvalue weighted by atomic mass is 10.5. The Labute approximate surface area is 116 Å². The van der Waals surface area contributed by atoms with Gasteiger partial charge in [-0.3, -0.25) is 4.99 Å². The van der Waals surface area contributed by atoms with Crippen molar-refractivity contribution in [2.24, 2.45) is 4.99 Å². The van der Waals surface area contributed by atoms with Crippen LogP contribution in [0.4, 0.5) is 0 Å². The first-order valence-electron chi connectivity index (χ1n) is 5.10. The number of nitrogens with zero attached hydrogens (tertiary/aromatic N) is 4. The maximum absolute atomic E-state index is 4.35. The Morgan fingerprint density at radius 3 is 2.69 bits per heavy atom. The number of nitrogens with one attached hydrogen (secondary N) is 1. The van der Waals surface area contributed by atoms with Gasteiger partial charge in [-0.15, -0.1) is 34.2 Å². The molecule has 0 spiro atoms. The van der Waals surface area contributed by atoms with Crippen LogP contribution in [0, 0.1) is 0 Å². The Kier molecular flexibility index (Phi) is 5.39. The number of hydrogen-bond donors (Lipinski definition) is 1. The molecule has 1 aliphatic heterocycles. The van der Waals surface area contributed by atoms with Crippen LogP contribution in [-0.2, 0) is 13.0 Å². The lowest BCUT2D eigenvalue weighted by Crippen LogP contribution is -2.35. The van der Waals surface area contributed by atoms with Crippen molar-refractivity contribution in [2.45, 2.75) is 19.9 Å². The molecular formula is C9H16IN5S. The van der Waals surface area contributed by atoms with Gasteiger partial charge in [-0.25, -0.2) is 0 Å². The number of halogens is 1. The highest BCUT2D eigenvalue weighted by Gasteiger charge is 2.12. The standard InChI is InChI=1S/C9H15N5S.HI/c1-3-7-12-13-8(15-7)6-11-9-10-4-5-14(9)2;/h3-6H2,1-2H3,(H,10,11);1H. The largest absolute Gasteiger partial charge is 0.350 e. The quantitative estimate of drug-likeness (QED) is 0.828. The highest BCUT2D eigenvalue weighted by atomic mass is 127. The lowest BCUT2D eigenvalue weighted by molar-refractivity contribution is 0.533. The van der Waals surface area contributed by atoms with Gasteiger partial charge in [0.2, 0.25) is 0 Å². The molecule has 0 radical (unpaired) electrons. The van der Waals surface area contributed by atoms with E-state index in [1.54, 1.807) is 11.3 Å². The first-order valence-corrected chi connectivity index (χ1v) is 5.92. The van der Waals surface area contributed by atoms with Gasteiger partial charge in [-0.05, 0) is 6.42 Å². The molecule has 1 aliphatic rings. The summed E-state index contributed by atoms with van der Waals surface area (Å²) in [6.07, 6.45) is 0.957. The fourth-order valence-electron chi connectivity index (χ4n) is 1.38. The van der Waals surface area contributed by atoms with Crippen molar-refractivity contribution < 1.29 is 0 Å². The van der Waals surface area contributed by atoms with Crippen LogP contribution in [0.15, 0.2) is 4.99 Å². The number of hydrogen-bond acceptors (Lipinski definition) is 6. The highest BCUT2D eigenvalue weighted by Crippen LogP contribution is 2.09. The van der Waals surface area contributed by atoms with Crippen LogP contribution in [0.3, 0.4) is 0 Å². The summed E-state index contributed by atoms with van der Waals surface area (Å²) in [5.41, 5.74) is 0. The van der Waals surface area contributed by atoms with E-state index in [-0.39, 0.29) is 24.0 Å². The smallest absolute Gasteiger partial charge is 0.194 e. The van der Waals surface area contributed by atoms with Crippen molar-refractivity contribution in [3.05, 3.63) is 10.0 Å². The van der Waals surface area contributed by atoms with E-state index < -0.39 is 0 Å². The van der Waals surface area contributed by atoms with Crippen molar-refractivity contribution in [3.63, 3.8) is 0 Å². The van der Waals surface area contributed by atoms with Crippen molar-refractivity contribution in [3.8, 4) is 0 Å². The molecule has 0 aromatic carbocycles. The van der Waals surface area contributed by atoms with E-state index in [1.165, 1.54) is 0 Å². The third kappa shape index (κ3) is 3.27. The average Bonchev–Trinajstić information content (AvgIpc) is 2.84. The highest BCUT2D eigenvalue weighted by molar-refractivity contribution is 14.0. The lowest BCUT2D eigenvalue weighted by Gasteiger charge is -2.13. The van der Waals surface area contributed by atoms with Gasteiger partial charge in [0, 0.05) is 13.6 Å². The molecule has 0 saturated carbocycles. The monoisotopic (exact) mass is 353 g/mol. The van der Waals surface area contributed by atoms with Crippen LogP contribution in [0.1, 0.15) is 16.9 Å². The Balaban J connectivity index is 0.00000128. The molecule has 2 rings (SSSR count). The minimum atomic E-state index is 0. The van der Waals surface area contributed by atoms with Gasteiger partial charge < -0.3 is 10.2 Å². The van der Waals surface area contributed by atoms with E-state index in [0.717, 1.165) is 42.0 Å².